The molecule has 0 unspecified atom stereocenters. The van der Waals surface area contributed by atoms with Gasteiger partial charge in [-0.3, -0.25) is 4.79 Å². The molecule has 2 aromatic rings. The van der Waals surface area contributed by atoms with Gasteiger partial charge in [-0.25, -0.2) is 0 Å². The molecule has 1 fully saturated rings. The summed E-state index contributed by atoms with van der Waals surface area (Å²) in [6, 6.07) is 14.1. The zero-order chi connectivity index (χ0) is 18.6. The van der Waals surface area contributed by atoms with Crippen molar-refractivity contribution in [2.45, 2.75) is 6.42 Å². The Balaban J connectivity index is 1.35. The van der Waals surface area contributed by atoms with Crippen LogP contribution in [0.4, 0.5) is 17.1 Å². The standard InChI is InChI=1S/C21H25N3O3/c1-26-19-6-7-20-16(14-19)8-9-24(20)15-21(25)22-17-2-4-18(5-3-17)23-10-12-27-13-11-23/h2-7,14H,8-13,15H2,1H3,(H,22,25). The summed E-state index contributed by atoms with van der Waals surface area (Å²) >= 11 is 0. The average Bonchev–Trinajstić information content (AvgIpc) is 3.11. The number of methoxy groups -OCH3 is 1. The fraction of sp³-hybridized carbons (Fsp3) is 0.381. The number of carbonyl (C=O) groups is 1. The van der Waals surface area contributed by atoms with Gasteiger partial charge in [0.25, 0.3) is 0 Å². The monoisotopic (exact) mass is 367 g/mol. The molecular weight excluding hydrogens is 342 g/mol. The number of ether oxygens (including phenoxy) is 2. The first-order valence-corrected chi connectivity index (χ1v) is 9.37. The lowest BCUT2D eigenvalue weighted by Gasteiger charge is -2.29. The molecule has 0 aromatic heterocycles. The van der Waals surface area contributed by atoms with E-state index in [0.717, 1.165) is 56.4 Å². The number of hydrogen-bond acceptors (Lipinski definition) is 5. The lowest BCUT2D eigenvalue weighted by molar-refractivity contribution is -0.115. The van der Waals surface area contributed by atoms with Gasteiger partial charge in [0.05, 0.1) is 26.9 Å². The third kappa shape index (κ3) is 4.01. The molecule has 1 N–H and O–H groups in total. The second kappa shape index (κ2) is 7.88. The number of anilines is 3. The number of nitrogens with zero attached hydrogens (tertiary/aromatic N) is 2. The Morgan fingerprint density at radius 1 is 1.11 bits per heavy atom. The lowest BCUT2D eigenvalue weighted by atomic mass is 10.1. The van der Waals surface area contributed by atoms with E-state index in [0.29, 0.717) is 6.54 Å². The van der Waals surface area contributed by atoms with Crippen LogP contribution in [-0.2, 0) is 16.0 Å². The largest absolute Gasteiger partial charge is 0.497 e. The van der Waals surface area contributed by atoms with Crippen molar-refractivity contribution in [3.8, 4) is 5.75 Å². The molecule has 2 aliphatic heterocycles. The molecule has 0 saturated carbocycles. The SMILES string of the molecule is COc1ccc2c(c1)CCN2CC(=O)Nc1ccc(N2CCOCC2)cc1. The fourth-order valence-corrected chi connectivity index (χ4v) is 3.69. The van der Waals surface area contributed by atoms with E-state index in [1.54, 1.807) is 7.11 Å². The second-order valence-corrected chi connectivity index (χ2v) is 6.86. The molecule has 1 amide bonds. The molecule has 2 aromatic carbocycles. The summed E-state index contributed by atoms with van der Waals surface area (Å²) in [4.78, 5) is 16.9. The van der Waals surface area contributed by atoms with Crippen LogP contribution in [0.2, 0.25) is 0 Å². The molecule has 6 nitrogen and oxygen atoms in total. The fourth-order valence-electron chi connectivity index (χ4n) is 3.69. The van der Waals surface area contributed by atoms with Crippen LogP contribution in [0, 0.1) is 0 Å². The normalized spacial score (nSPS) is 16.2. The highest BCUT2D eigenvalue weighted by atomic mass is 16.5. The minimum atomic E-state index is -0.00205. The number of amides is 1. The molecule has 27 heavy (non-hydrogen) atoms. The van der Waals surface area contributed by atoms with Crippen molar-refractivity contribution in [3.05, 3.63) is 48.0 Å². The quantitative estimate of drug-likeness (QED) is 0.880. The Kier molecular flexibility index (Phi) is 5.16. The van der Waals surface area contributed by atoms with Crippen molar-refractivity contribution in [1.82, 2.24) is 0 Å². The first kappa shape index (κ1) is 17.7. The number of carbonyl (C=O) groups excluding carboxylic acids is 1. The summed E-state index contributed by atoms with van der Waals surface area (Å²) in [5, 5.41) is 3.00. The van der Waals surface area contributed by atoms with Crippen LogP contribution in [0.15, 0.2) is 42.5 Å². The number of benzene rings is 2. The van der Waals surface area contributed by atoms with Crippen LogP contribution >= 0.6 is 0 Å². The van der Waals surface area contributed by atoms with Gasteiger partial charge in [0, 0.05) is 36.7 Å². The number of rotatable bonds is 5. The maximum Gasteiger partial charge on any atom is 0.243 e. The van der Waals surface area contributed by atoms with Gasteiger partial charge in [-0.05, 0) is 54.4 Å². The number of nitrogens with one attached hydrogen (secondary N) is 1. The first-order chi connectivity index (χ1) is 13.2. The van der Waals surface area contributed by atoms with E-state index >= 15 is 0 Å². The molecule has 4 rings (SSSR count). The summed E-state index contributed by atoms with van der Waals surface area (Å²) in [5.74, 6) is 0.859. The first-order valence-electron chi connectivity index (χ1n) is 9.37. The second-order valence-electron chi connectivity index (χ2n) is 6.86. The summed E-state index contributed by atoms with van der Waals surface area (Å²) < 4.78 is 10.7. The molecule has 0 atom stereocenters. The topological polar surface area (TPSA) is 54.0 Å². The smallest absolute Gasteiger partial charge is 0.243 e. The van der Waals surface area contributed by atoms with E-state index in [9.17, 15) is 4.79 Å². The molecule has 0 bridgehead atoms. The molecule has 6 heteroatoms. The van der Waals surface area contributed by atoms with Crippen LogP contribution < -0.4 is 19.9 Å². The van der Waals surface area contributed by atoms with E-state index in [-0.39, 0.29) is 5.91 Å². The minimum absolute atomic E-state index is 0.00205. The van der Waals surface area contributed by atoms with Crippen LogP contribution in [-0.4, -0.2) is 52.4 Å². The van der Waals surface area contributed by atoms with Crippen LogP contribution in [0.1, 0.15) is 5.56 Å². The molecule has 0 spiro atoms. The van der Waals surface area contributed by atoms with Crippen molar-refractivity contribution in [2.24, 2.45) is 0 Å². The van der Waals surface area contributed by atoms with Crippen LogP contribution in [0.3, 0.4) is 0 Å². The third-order valence-electron chi connectivity index (χ3n) is 5.14. The van der Waals surface area contributed by atoms with Gasteiger partial charge >= 0.3 is 0 Å². The highest BCUT2D eigenvalue weighted by molar-refractivity contribution is 5.94. The van der Waals surface area contributed by atoms with Crippen LogP contribution in [0.25, 0.3) is 0 Å². The van der Waals surface area contributed by atoms with Crippen LogP contribution in [0.5, 0.6) is 5.75 Å². The number of hydrogen-bond donors (Lipinski definition) is 1. The maximum atomic E-state index is 12.5. The van der Waals surface area contributed by atoms with Gasteiger partial charge in [-0.15, -0.1) is 0 Å². The van der Waals surface area contributed by atoms with Gasteiger partial charge in [0.15, 0.2) is 0 Å². The van der Waals surface area contributed by atoms with Gasteiger partial charge in [0.2, 0.25) is 5.91 Å². The highest BCUT2D eigenvalue weighted by Gasteiger charge is 2.21. The molecule has 1 saturated heterocycles. The Morgan fingerprint density at radius 3 is 2.63 bits per heavy atom. The zero-order valence-corrected chi connectivity index (χ0v) is 15.6. The number of fused-ring (bicyclic) bond motifs is 1. The van der Waals surface area contributed by atoms with Crippen molar-refractivity contribution in [1.29, 1.82) is 0 Å². The zero-order valence-electron chi connectivity index (χ0n) is 15.6. The van der Waals surface area contributed by atoms with E-state index in [1.807, 2.05) is 24.3 Å². The van der Waals surface area contributed by atoms with Crippen molar-refractivity contribution in [3.63, 3.8) is 0 Å². The van der Waals surface area contributed by atoms with E-state index in [2.05, 4.69) is 33.3 Å². The maximum absolute atomic E-state index is 12.5. The van der Waals surface area contributed by atoms with E-state index < -0.39 is 0 Å². The van der Waals surface area contributed by atoms with Gasteiger partial charge in [-0.1, -0.05) is 0 Å². The molecule has 0 aliphatic carbocycles. The molecule has 2 heterocycles. The molecule has 0 radical (unpaired) electrons. The Bertz CT molecular complexity index is 801. The third-order valence-corrected chi connectivity index (χ3v) is 5.14. The molecule has 2 aliphatic rings. The summed E-state index contributed by atoms with van der Waals surface area (Å²) in [7, 11) is 1.67. The molecular formula is C21H25N3O3. The van der Waals surface area contributed by atoms with E-state index in [1.165, 1.54) is 11.3 Å². The minimum Gasteiger partial charge on any atom is -0.497 e. The average molecular weight is 367 g/mol. The van der Waals surface area contributed by atoms with Gasteiger partial charge < -0.3 is 24.6 Å². The Labute approximate surface area is 159 Å². The Morgan fingerprint density at radius 2 is 1.89 bits per heavy atom. The Hall–Kier alpha value is -2.73. The summed E-state index contributed by atoms with van der Waals surface area (Å²) in [5.41, 5.74) is 4.34. The highest BCUT2D eigenvalue weighted by Crippen LogP contribution is 2.31. The van der Waals surface area contributed by atoms with Crippen molar-refractivity contribution < 1.29 is 14.3 Å². The van der Waals surface area contributed by atoms with Gasteiger partial charge in [-0.2, -0.15) is 0 Å². The predicted molar refractivity (Wildman–Crippen MR) is 107 cm³/mol. The molecule has 142 valence electrons. The predicted octanol–water partition coefficient (Wildman–Crippen LogP) is 2.53. The lowest BCUT2D eigenvalue weighted by Crippen LogP contribution is -2.36. The number of morpholine rings is 1. The van der Waals surface area contributed by atoms with E-state index in [4.69, 9.17) is 9.47 Å². The van der Waals surface area contributed by atoms with Crippen molar-refractivity contribution in [2.75, 3.05) is 61.6 Å². The summed E-state index contributed by atoms with van der Waals surface area (Å²) in [6.45, 7) is 4.55. The summed E-state index contributed by atoms with van der Waals surface area (Å²) in [6.07, 6.45) is 0.939. The van der Waals surface area contributed by atoms with Gasteiger partial charge in [0.1, 0.15) is 5.75 Å². The van der Waals surface area contributed by atoms with Crippen molar-refractivity contribution >= 4 is 23.0 Å².